The lowest BCUT2D eigenvalue weighted by molar-refractivity contribution is -0.116. The molecule has 1 aromatic rings. The number of hydrogen-bond acceptors (Lipinski definition) is 4. The minimum Gasteiger partial charge on any atom is -0.490 e. The van der Waals surface area contributed by atoms with Gasteiger partial charge in [-0.25, -0.2) is 0 Å². The van der Waals surface area contributed by atoms with Crippen LogP contribution in [0.2, 0.25) is 0 Å². The van der Waals surface area contributed by atoms with Crippen molar-refractivity contribution in [3.8, 4) is 17.6 Å². The second-order valence-corrected chi connectivity index (χ2v) is 5.21. The smallest absolute Gasteiger partial charge is 0.261 e. The van der Waals surface area contributed by atoms with E-state index in [1.807, 2.05) is 19.9 Å². The van der Waals surface area contributed by atoms with Gasteiger partial charge in [-0.1, -0.05) is 6.92 Å². The third kappa shape index (κ3) is 4.78. The molecule has 0 saturated heterocycles. The molecule has 1 rings (SSSR count). The van der Waals surface area contributed by atoms with Gasteiger partial charge in [0.15, 0.2) is 11.5 Å². The molecule has 6 heteroatoms. The molecule has 0 aromatic heterocycles. The second kappa shape index (κ2) is 9.11. The molecule has 0 fully saturated rings. The lowest BCUT2D eigenvalue weighted by atomic mass is 10.1. The number of likely N-dealkylation sites (N-methyl/N-ethyl adjacent to an activating group) is 1. The molecule has 5 nitrogen and oxygen atoms in total. The van der Waals surface area contributed by atoms with Crippen LogP contribution in [0.3, 0.4) is 0 Å². The summed E-state index contributed by atoms with van der Waals surface area (Å²) in [6.07, 6.45) is 2.39. The number of ether oxygens (including phenoxy) is 2. The summed E-state index contributed by atoms with van der Waals surface area (Å²) in [5.74, 6) is 0.771. The molecule has 0 radical (unpaired) electrons. The molecule has 0 heterocycles. The summed E-state index contributed by atoms with van der Waals surface area (Å²) < 4.78 is 12.0. The molecule has 1 amide bonds. The third-order valence-electron chi connectivity index (χ3n) is 2.69. The Morgan fingerprint density at radius 1 is 1.41 bits per heavy atom. The van der Waals surface area contributed by atoms with Gasteiger partial charge >= 0.3 is 0 Å². The van der Waals surface area contributed by atoms with E-state index in [0.29, 0.717) is 34.7 Å². The maximum atomic E-state index is 11.6. The van der Waals surface area contributed by atoms with Crippen molar-refractivity contribution < 1.29 is 14.3 Å². The van der Waals surface area contributed by atoms with Crippen LogP contribution in [-0.4, -0.2) is 26.2 Å². The number of hydrogen-bond donors (Lipinski definition) is 1. The molecule has 0 atom stereocenters. The van der Waals surface area contributed by atoms with E-state index >= 15 is 0 Å². The summed E-state index contributed by atoms with van der Waals surface area (Å²) in [5.41, 5.74) is 0.707. The van der Waals surface area contributed by atoms with Crippen molar-refractivity contribution in [3.63, 3.8) is 0 Å². The first-order valence-corrected chi connectivity index (χ1v) is 7.79. The van der Waals surface area contributed by atoms with E-state index in [9.17, 15) is 4.79 Å². The Labute approximate surface area is 139 Å². The Morgan fingerprint density at radius 3 is 2.68 bits per heavy atom. The summed E-state index contributed by atoms with van der Waals surface area (Å²) >= 11 is 3.45. The highest BCUT2D eigenvalue weighted by Gasteiger charge is 2.13. The van der Waals surface area contributed by atoms with Crippen molar-refractivity contribution in [1.29, 1.82) is 5.26 Å². The fourth-order valence-electron chi connectivity index (χ4n) is 1.73. The number of carbonyl (C=O) groups excluding carboxylic acids is 1. The first-order chi connectivity index (χ1) is 10.6. The van der Waals surface area contributed by atoms with Crippen LogP contribution in [0, 0.1) is 11.3 Å². The standard InChI is InChI=1S/C16H19BrN2O3/c1-4-6-22-15-13(17)8-11(9-14(15)21-5-2)7-12(10-18)16(20)19-3/h7-9H,4-6H2,1-3H3,(H,19,20)/b12-7-. The zero-order valence-electron chi connectivity index (χ0n) is 12.9. The van der Waals surface area contributed by atoms with Gasteiger partial charge in [0.05, 0.1) is 17.7 Å². The first kappa shape index (κ1) is 18.1. The number of nitrogens with one attached hydrogen (secondary N) is 1. The quantitative estimate of drug-likeness (QED) is 0.593. The first-order valence-electron chi connectivity index (χ1n) is 7.00. The number of nitrogens with zero attached hydrogens (tertiary/aromatic N) is 1. The Balaban J connectivity index is 3.26. The van der Waals surface area contributed by atoms with Crippen LogP contribution < -0.4 is 14.8 Å². The Bertz CT molecular complexity index is 606. The Morgan fingerprint density at radius 2 is 2.14 bits per heavy atom. The predicted octanol–water partition coefficient (Wildman–Crippen LogP) is 3.29. The van der Waals surface area contributed by atoms with Crippen molar-refractivity contribution in [2.24, 2.45) is 0 Å². The molecule has 0 unspecified atom stereocenters. The van der Waals surface area contributed by atoms with Crippen LogP contribution in [0.1, 0.15) is 25.8 Å². The van der Waals surface area contributed by atoms with Gasteiger partial charge in [-0.05, 0) is 53.0 Å². The second-order valence-electron chi connectivity index (χ2n) is 4.36. The van der Waals surface area contributed by atoms with E-state index in [2.05, 4.69) is 21.2 Å². The number of benzene rings is 1. The molecule has 0 saturated carbocycles. The lowest BCUT2D eigenvalue weighted by Crippen LogP contribution is -2.19. The normalized spacial score (nSPS) is 10.8. The fourth-order valence-corrected chi connectivity index (χ4v) is 2.30. The highest BCUT2D eigenvalue weighted by atomic mass is 79.9. The number of carbonyl (C=O) groups is 1. The van der Waals surface area contributed by atoms with Crippen molar-refractivity contribution in [2.45, 2.75) is 20.3 Å². The fraction of sp³-hybridized carbons (Fsp3) is 0.375. The van der Waals surface area contributed by atoms with Gasteiger partial charge in [-0.2, -0.15) is 5.26 Å². The van der Waals surface area contributed by atoms with Crippen LogP contribution in [-0.2, 0) is 4.79 Å². The van der Waals surface area contributed by atoms with Gasteiger partial charge in [0.2, 0.25) is 0 Å². The molecular formula is C16H19BrN2O3. The molecule has 22 heavy (non-hydrogen) atoms. The van der Waals surface area contributed by atoms with E-state index in [0.717, 1.165) is 6.42 Å². The van der Waals surface area contributed by atoms with Gasteiger partial charge in [0, 0.05) is 7.05 Å². The highest BCUT2D eigenvalue weighted by Crippen LogP contribution is 2.37. The summed E-state index contributed by atoms with van der Waals surface area (Å²) in [4.78, 5) is 11.6. The van der Waals surface area contributed by atoms with Crippen LogP contribution >= 0.6 is 15.9 Å². The van der Waals surface area contributed by atoms with Gasteiger partial charge in [0.1, 0.15) is 11.6 Å². The van der Waals surface area contributed by atoms with Crippen LogP contribution in [0.5, 0.6) is 11.5 Å². The molecule has 0 aliphatic rings. The molecule has 0 aliphatic heterocycles. The van der Waals surface area contributed by atoms with Crippen molar-refractivity contribution in [1.82, 2.24) is 5.32 Å². The lowest BCUT2D eigenvalue weighted by Gasteiger charge is -2.14. The zero-order chi connectivity index (χ0) is 16.5. The molecule has 0 spiro atoms. The SMILES string of the molecule is CCCOc1c(Br)cc(/C=C(/C#N)C(=O)NC)cc1OCC. The number of amides is 1. The van der Waals surface area contributed by atoms with Crippen LogP contribution in [0.25, 0.3) is 6.08 Å². The van der Waals surface area contributed by atoms with Gasteiger partial charge in [0.25, 0.3) is 5.91 Å². The van der Waals surface area contributed by atoms with Crippen LogP contribution in [0.4, 0.5) is 0 Å². The van der Waals surface area contributed by atoms with E-state index in [1.54, 1.807) is 12.1 Å². The molecule has 1 N–H and O–H groups in total. The topological polar surface area (TPSA) is 71.3 Å². The number of rotatable bonds is 7. The zero-order valence-corrected chi connectivity index (χ0v) is 14.5. The minimum atomic E-state index is -0.428. The molecule has 118 valence electrons. The van der Waals surface area contributed by atoms with E-state index in [-0.39, 0.29) is 5.57 Å². The monoisotopic (exact) mass is 366 g/mol. The predicted molar refractivity (Wildman–Crippen MR) is 88.8 cm³/mol. The molecule has 0 aliphatic carbocycles. The van der Waals surface area contributed by atoms with E-state index in [4.69, 9.17) is 14.7 Å². The summed E-state index contributed by atoms with van der Waals surface area (Å²) in [7, 11) is 1.48. The summed E-state index contributed by atoms with van der Waals surface area (Å²) in [6, 6.07) is 5.42. The van der Waals surface area contributed by atoms with Crippen molar-refractivity contribution in [3.05, 3.63) is 27.7 Å². The van der Waals surface area contributed by atoms with E-state index in [1.165, 1.54) is 13.1 Å². The number of nitriles is 1. The summed E-state index contributed by atoms with van der Waals surface area (Å²) in [6.45, 7) is 4.97. The highest BCUT2D eigenvalue weighted by molar-refractivity contribution is 9.10. The van der Waals surface area contributed by atoms with Gasteiger partial charge < -0.3 is 14.8 Å². The average molecular weight is 367 g/mol. The molecule has 0 bridgehead atoms. The molecular weight excluding hydrogens is 348 g/mol. The Hall–Kier alpha value is -2.00. The minimum absolute atomic E-state index is 0.0269. The molecule has 1 aromatic carbocycles. The maximum absolute atomic E-state index is 11.6. The average Bonchev–Trinajstić information content (AvgIpc) is 2.51. The third-order valence-corrected chi connectivity index (χ3v) is 3.27. The Kier molecular flexibility index (Phi) is 7.47. The van der Waals surface area contributed by atoms with Crippen molar-refractivity contribution in [2.75, 3.05) is 20.3 Å². The van der Waals surface area contributed by atoms with E-state index < -0.39 is 5.91 Å². The summed E-state index contributed by atoms with van der Waals surface area (Å²) in [5, 5.41) is 11.5. The largest absolute Gasteiger partial charge is 0.490 e. The number of halogens is 1. The van der Waals surface area contributed by atoms with Gasteiger partial charge in [-0.3, -0.25) is 4.79 Å². The maximum Gasteiger partial charge on any atom is 0.261 e. The van der Waals surface area contributed by atoms with Crippen LogP contribution in [0.15, 0.2) is 22.2 Å². The van der Waals surface area contributed by atoms with Gasteiger partial charge in [-0.15, -0.1) is 0 Å². The van der Waals surface area contributed by atoms with Crippen molar-refractivity contribution >= 4 is 27.9 Å².